The van der Waals surface area contributed by atoms with E-state index in [4.69, 9.17) is 9.47 Å². The van der Waals surface area contributed by atoms with Crippen molar-refractivity contribution in [2.75, 3.05) is 13.7 Å². The molecule has 1 aliphatic rings. The Balaban J connectivity index is 1.58. The summed E-state index contributed by atoms with van der Waals surface area (Å²) in [7, 11) is 1.63. The zero-order valence-corrected chi connectivity index (χ0v) is 16.6. The molecule has 8 heteroatoms. The lowest BCUT2D eigenvalue weighted by Gasteiger charge is -2.21. The van der Waals surface area contributed by atoms with E-state index in [0.717, 1.165) is 16.4 Å². The highest BCUT2D eigenvalue weighted by Gasteiger charge is 2.38. The van der Waals surface area contributed by atoms with E-state index in [2.05, 4.69) is 15.4 Å². The third-order valence-corrected chi connectivity index (χ3v) is 5.84. The number of carbonyl (C=O) groups excluding carboxylic acids is 1. The van der Waals surface area contributed by atoms with Crippen LogP contribution in [-0.4, -0.2) is 34.4 Å². The van der Waals surface area contributed by atoms with Gasteiger partial charge in [-0.3, -0.25) is 4.79 Å². The summed E-state index contributed by atoms with van der Waals surface area (Å²) in [5.41, 5.74) is 1.65. The summed E-state index contributed by atoms with van der Waals surface area (Å²) in [6, 6.07) is 9.42. The topological polar surface area (TPSA) is 78.3 Å². The molecule has 3 atom stereocenters. The van der Waals surface area contributed by atoms with E-state index in [1.54, 1.807) is 24.2 Å². The van der Waals surface area contributed by atoms with Gasteiger partial charge in [-0.15, -0.1) is 11.3 Å². The minimum absolute atomic E-state index is 0.0297. The van der Waals surface area contributed by atoms with Gasteiger partial charge in [-0.25, -0.2) is 9.67 Å². The average Bonchev–Trinajstić information content (AvgIpc) is 3.48. The average molecular weight is 398 g/mol. The number of rotatable bonds is 6. The summed E-state index contributed by atoms with van der Waals surface area (Å²) in [6.45, 7) is 2.48. The molecule has 0 bridgehead atoms. The largest absolute Gasteiger partial charge is 0.494 e. The van der Waals surface area contributed by atoms with Crippen molar-refractivity contribution in [3.8, 4) is 11.4 Å². The predicted octanol–water partition coefficient (Wildman–Crippen LogP) is 3.29. The van der Waals surface area contributed by atoms with Crippen molar-refractivity contribution in [1.82, 2.24) is 20.1 Å². The molecule has 1 amide bonds. The molecule has 1 aliphatic heterocycles. The van der Waals surface area contributed by atoms with Crippen molar-refractivity contribution < 1.29 is 14.3 Å². The number of carbonyl (C=O) groups is 1. The Morgan fingerprint density at radius 1 is 1.36 bits per heavy atom. The molecule has 3 aromatic rings. The fourth-order valence-corrected chi connectivity index (χ4v) is 4.16. The molecule has 146 valence electrons. The quantitative estimate of drug-likeness (QED) is 0.689. The number of nitrogens with zero attached hydrogens (tertiary/aromatic N) is 3. The number of ether oxygens (including phenoxy) is 2. The first-order chi connectivity index (χ1) is 13.7. The highest BCUT2D eigenvalue weighted by Crippen LogP contribution is 2.37. The van der Waals surface area contributed by atoms with Crippen LogP contribution < -0.4 is 10.1 Å². The third kappa shape index (κ3) is 3.53. The molecule has 0 aliphatic carbocycles. The molecule has 1 saturated heterocycles. The van der Waals surface area contributed by atoms with Gasteiger partial charge in [0.1, 0.15) is 22.5 Å². The van der Waals surface area contributed by atoms with Crippen molar-refractivity contribution in [3.05, 3.63) is 58.8 Å². The number of nitrogens with one attached hydrogen (secondary N) is 1. The Hall–Kier alpha value is -2.71. The van der Waals surface area contributed by atoms with E-state index in [0.29, 0.717) is 18.8 Å². The summed E-state index contributed by atoms with van der Waals surface area (Å²) < 4.78 is 13.2. The molecule has 28 heavy (non-hydrogen) atoms. The normalized spacial score (nSPS) is 20.1. The van der Waals surface area contributed by atoms with Gasteiger partial charge in [0, 0.05) is 24.4 Å². The van der Waals surface area contributed by atoms with Crippen LogP contribution in [0.2, 0.25) is 0 Å². The second-order valence-corrected chi connectivity index (χ2v) is 7.55. The van der Waals surface area contributed by atoms with Gasteiger partial charge in [0.2, 0.25) is 5.91 Å². The summed E-state index contributed by atoms with van der Waals surface area (Å²) in [5, 5.41) is 10.3. The monoisotopic (exact) mass is 398 g/mol. The maximum atomic E-state index is 13.0. The first-order valence-corrected chi connectivity index (χ1v) is 10.1. The highest BCUT2D eigenvalue weighted by molar-refractivity contribution is 7.09. The second kappa shape index (κ2) is 8.12. The van der Waals surface area contributed by atoms with Gasteiger partial charge in [-0.2, -0.15) is 5.10 Å². The van der Waals surface area contributed by atoms with Crippen LogP contribution in [0.5, 0.6) is 5.75 Å². The minimum Gasteiger partial charge on any atom is -0.494 e. The van der Waals surface area contributed by atoms with Crippen LogP contribution in [0.15, 0.2) is 48.1 Å². The zero-order valence-electron chi connectivity index (χ0n) is 15.7. The van der Waals surface area contributed by atoms with Crippen LogP contribution in [0.25, 0.3) is 5.69 Å². The number of hydrogen-bond acceptors (Lipinski definition) is 6. The lowest BCUT2D eigenvalue weighted by atomic mass is 9.97. The summed E-state index contributed by atoms with van der Waals surface area (Å²) in [6.07, 6.45) is 3.76. The van der Waals surface area contributed by atoms with Crippen LogP contribution in [0, 0.1) is 5.92 Å². The zero-order chi connectivity index (χ0) is 19.5. The van der Waals surface area contributed by atoms with Gasteiger partial charge in [0.05, 0.1) is 24.8 Å². The molecule has 1 fully saturated rings. The van der Waals surface area contributed by atoms with E-state index >= 15 is 0 Å². The van der Waals surface area contributed by atoms with E-state index in [-0.39, 0.29) is 24.0 Å². The Labute approximate surface area is 167 Å². The number of amides is 1. The van der Waals surface area contributed by atoms with E-state index in [1.807, 2.05) is 42.6 Å². The predicted molar refractivity (Wildman–Crippen MR) is 106 cm³/mol. The molecule has 0 unspecified atom stereocenters. The van der Waals surface area contributed by atoms with E-state index in [9.17, 15) is 4.79 Å². The molecular weight excluding hydrogens is 376 g/mol. The number of benzene rings is 1. The molecule has 1 N–H and O–H groups in total. The fourth-order valence-electron chi connectivity index (χ4n) is 3.52. The van der Waals surface area contributed by atoms with Crippen molar-refractivity contribution in [2.24, 2.45) is 5.92 Å². The summed E-state index contributed by atoms with van der Waals surface area (Å²) in [5.74, 6) is 0.398. The van der Waals surface area contributed by atoms with Crippen LogP contribution in [0.4, 0.5) is 0 Å². The molecular formula is C20H22N4O3S. The van der Waals surface area contributed by atoms with Gasteiger partial charge >= 0.3 is 0 Å². The maximum absolute atomic E-state index is 13.0. The molecule has 7 nitrogen and oxygen atoms in total. The third-order valence-electron chi connectivity index (χ3n) is 4.89. The SMILES string of the molecule is COc1ccccc1-n1nccc1[C@H]1OCC[C@@H]1C(=O)N[C@@H](C)c1nccs1. The molecule has 4 rings (SSSR count). The molecule has 0 radical (unpaired) electrons. The van der Waals surface area contributed by atoms with Gasteiger partial charge in [-0.1, -0.05) is 12.1 Å². The first-order valence-electron chi connectivity index (χ1n) is 9.17. The van der Waals surface area contributed by atoms with Gasteiger partial charge in [-0.05, 0) is 31.5 Å². The standard InChI is InChI=1S/C20H22N4O3S/c1-13(20-21-10-12-28-20)23-19(25)14-8-11-27-18(14)16-7-9-22-24(16)15-5-3-4-6-17(15)26-2/h3-7,9-10,12-14,18H,8,11H2,1-2H3,(H,23,25)/t13-,14-,18-/m0/s1. The smallest absolute Gasteiger partial charge is 0.226 e. The molecule has 2 aromatic heterocycles. The van der Waals surface area contributed by atoms with Gasteiger partial charge < -0.3 is 14.8 Å². The minimum atomic E-state index is -0.365. The number of methoxy groups -OCH3 is 1. The lowest BCUT2D eigenvalue weighted by Crippen LogP contribution is -2.34. The van der Waals surface area contributed by atoms with Crippen molar-refractivity contribution >= 4 is 17.2 Å². The number of thiazole rings is 1. The summed E-state index contributed by atoms with van der Waals surface area (Å²) in [4.78, 5) is 17.2. The van der Waals surface area contributed by atoms with E-state index < -0.39 is 0 Å². The van der Waals surface area contributed by atoms with Gasteiger partial charge in [0.25, 0.3) is 0 Å². The Kier molecular flexibility index (Phi) is 5.40. The molecule has 0 saturated carbocycles. The van der Waals surface area contributed by atoms with Crippen molar-refractivity contribution in [3.63, 3.8) is 0 Å². The molecule has 0 spiro atoms. The highest BCUT2D eigenvalue weighted by atomic mass is 32.1. The Bertz CT molecular complexity index is 941. The van der Waals surface area contributed by atoms with Crippen molar-refractivity contribution in [1.29, 1.82) is 0 Å². The van der Waals surface area contributed by atoms with Crippen molar-refractivity contribution in [2.45, 2.75) is 25.5 Å². The van der Waals surface area contributed by atoms with Crippen LogP contribution in [0.3, 0.4) is 0 Å². The Morgan fingerprint density at radius 3 is 3.00 bits per heavy atom. The lowest BCUT2D eigenvalue weighted by molar-refractivity contribution is -0.127. The fraction of sp³-hybridized carbons (Fsp3) is 0.350. The first kappa shape index (κ1) is 18.6. The number of hydrogen-bond donors (Lipinski definition) is 1. The number of aromatic nitrogens is 3. The Morgan fingerprint density at radius 2 is 2.21 bits per heavy atom. The van der Waals surface area contributed by atoms with Crippen LogP contribution in [0.1, 0.15) is 36.2 Å². The van der Waals surface area contributed by atoms with Crippen LogP contribution >= 0.6 is 11.3 Å². The summed E-state index contributed by atoms with van der Waals surface area (Å²) >= 11 is 1.53. The second-order valence-electron chi connectivity index (χ2n) is 6.63. The molecule has 3 heterocycles. The van der Waals surface area contributed by atoms with E-state index in [1.165, 1.54) is 11.3 Å². The van der Waals surface area contributed by atoms with Crippen LogP contribution in [-0.2, 0) is 9.53 Å². The number of para-hydroxylation sites is 2. The molecule has 1 aromatic carbocycles. The van der Waals surface area contributed by atoms with Gasteiger partial charge in [0.15, 0.2) is 0 Å². The maximum Gasteiger partial charge on any atom is 0.226 e.